The van der Waals surface area contributed by atoms with E-state index in [4.69, 9.17) is 0 Å². The number of carbonyl (C=O) groups excluding carboxylic acids is 1. The van der Waals surface area contributed by atoms with E-state index in [1.807, 2.05) is 27.7 Å². The molecule has 124 valence electrons. The number of aromatic nitrogens is 4. The SMILES string of the molecule is CCc1nccn1CC(=O)N1CCCC[C@H]1CCn1cccn1. The van der Waals surface area contributed by atoms with Crippen LogP contribution in [-0.4, -0.2) is 42.7 Å². The van der Waals surface area contributed by atoms with E-state index in [1.54, 1.807) is 12.4 Å². The summed E-state index contributed by atoms with van der Waals surface area (Å²) in [6.45, 7) is 4.21. The Balaban J connectivity index is 1.62. The highest BCUT2D eigenvalue weighted by molar-refractivity contribution is 5.76. The third kappa shape index (κ3) is 3.81. The lowest BCUT2D eigenvalue weighted by atomic mass is 9.99. The van der Waals surface area contributed by atoms with Crippen LogP contribution in [0.5, 0.6) is 0 Å². The Morgan fingerprint density at radius 2 is 2.22 bits per heavy atom. The van der Waals surface area contributed by atoms with Crippen molar-refractivity contribution >= 4 is 5.91 Å². The molecule has 1 atom stereocenters. The Bertz CT molecular complexity index is 619. The number of imidazole rings is 1. The van der Waals surface area contributed by atoms with Crippen molar-refractivity contribution in [2.24, 2.45) is 0 Å². The van der Waals surface area contributed by atoms with Gasteiger partial charge in [-0.2, -0.15) is 5.10 Å². The Labute approximate surface area is 137 Å². The minimum atomic E-state index is 0.211. The largest absolute Gasteiger partial charge is 0.338 e. The number of rotatable bonds is 6. The fourth-order valence-electron chi connectivity index (χ4n) is 3.38. The Kier molecular flexibility index (Phi) is 5.10. The average Bonchev–Trinajstić information content (AvgIpc) is 3.24. The van der Waals surface area contributed by atoms with Crippen molar-refractivity contribution in [3.8, 4) is 0 Å². The molecular formula is C17H25N5O. The molecule has 3 rings (SSSR count). The molecule has 0 bridgehead atoms. The van der Waals surface area contributed by atoms with Crippen LogP contribution in [0, 0.1) is 0 Å². The molecule has 3 heterocycles. The molecule has 0 radical (unpaired) electrons. The van der Waals surface area contributed by atoms with Crippen molar-refractivity contribution in [1.82, 2.24) is 24.2 Å². The molecule has 6 nitrogen and oxygen atoms in total. The summed E-state index contributed by atoms with van der Waals surface area (Å²) < 4.78 is 3.92. The van der Waals surface area contributed by atoms with E-state index in [0.717, 1.165) is 44.6 Å². The van der Waals surface area contributed by atoms with Crippen LogP contribution in [-0.2, 0) is 24.3 Å². The molecule has 0 aromatic carbocycles. The number of hydrogen-bond donors (Lipinski definition) is 0. The summed E-state index contributed by atoms with van der Waals surface area (Å²) in [6.07, 6.45) is 12.7. The highest BCUT2D eigenvalue weighted by Gasteiger charge is 2.26. The zero-order chi connectivity index (χ0) is 16.1. The second-order valence-corrected chi connectivity index (χ2v) is 6.12. The predicted molar refractivity (Wildman–Crippen MR) is 87.8 cm³/mol. The first-order chi connectivity index (χ1) is 11.3. The minimum absolute atomic E-state index is 0.211. The second kappa shape index (κ2) is 7.44. The Morgan fingerprint density at radius 1 is 1.30 bits per heavy atom. The lowest BCUT2D eigenvalue weighted by Gasteiger charge is -2.36. The van der Waals surface area contributed by atoms with Crippen LogP contribution in [0.15, 0.2) is 30.9 Å². The van der Waals surface area contributed by atoms with Gasteiger partial charge >= 0.3 is 0 Å². The lowest BCUT2D eigenvalue weighted by Crippen LogP contribution is -2.45. The van der Waals surface area contributed by atoms with Crippen LogP contribution in [0.3, 0.4) is 0 Å². The van der Waals surface area contributed by atoms with E-state index in [1.165, 1.54) is 6.42 Å². The highest BCUT2D eigenvalue weighted by atomic mass is 16.2. The minimum Gasteiger partial charge on any atom is -0.338 e. The van der Waals surface area contributed by atoms with Crippen molar-refractivity contribution in [1.29, 1.82) is 0 Å². The van der Waals surface area contributed by atoms with Gasteiger partial charge in [-0.1, -0.05) is 6.92 Å². The van der Waals surface area contributed by atoms with E-state index in [0.29, 0.717) is 12.6 Å². The van der Waals surface area contributed by atoms with E-state index in [-0.39, 0.29) is 5.91 Å². The molecule has 0 unspecified atom stereocenters. The zero-order valence-corrected chi connectivity index (χ0v) is 13.8. The quantitative estimate of drug-likeness (QED) is 0.820. The molecule has 0 saturated carbocycles. The Morgan fingerprint density at radius 3 is 3.00 bits per heavy atom. The first-order valence-corrected chi connectivity index (χ1v) is 8.55. The molecule has 1 saturated heterocycles. The van der Waals surface area contributed by atoms with Crippen LogP contribution in [0.1, 0.15) is 38.4 Å². The number of hydrogen-bond acceptors (Lipinski definition) is 3. The van der Waals surface area contributed by atoms with Crippen LogP contribution in [0.25, 0.3) is 0 Å². The van der Waals surface area contributed by atoms with E-state index >= 15 is 0 Å². The third-order valence-corrected chi connectivity index (χ3v) is 4.62. The summed E-state index contributed by atoms with van der Waals surface area (Å²) >= 11 is 0. The van der Waals surface area contributed by atoms with E-state index < -0.39 is 0 Å². The molecule has 0 N–H and O–H groups in total. The summed E-state index contributed by atoms with van der Waals surface area (Å²) in [5, 5.41) is 4.25. The highest BCUT2D eigenvalue weighted by Crippen LogP contribution is 2.21. The molecule has 1 amide bonds. The van der Waals surface area contributed by atoms with Crippen molar-refractivity contribution in [2.75, 3.05) is 6.54 Å². The van der Waals surface area contributed by atoms with Gasteiger partial charge in [0.2, 0.25) is 5.91 Å². The van der Waals surface area contributed by atoms with Crippen LogP contribution in [0.4, 0.5) is 0 Å². The van der Waals surface area contributed by atoms with Gasteiger partial charge in [0.25, 0.3) is 0 Å². The number of aryl methyl sites for hydroxylation is 2. The molecule has 0 spiro atoms. The number of amides is 1. The van der Waals surface area contributed by atoms with Crippen LogP contribution < -0.4 is 0 Å². The summed E-state index contributed by atoms with van der Waals surface area (Å²) in [7, 11) is 0. The molecule has 2 aromatic rings. The van der Waals surface area contributed by atoms with Gasteiger partial charge in [-0.3, -0.25) is 9.48 Å². The number of piperidine rings is 1. The molecule has 23 heavy (non-hydrogen) atoms. The van der Waals surface area contributed by atoms with Gasteiger partial charge in [0, 0.05) is 50.3 Å². The van der Waals surface area contributed by atoms with Gasteiger partial charge in [-0.15, -0.1) is 0 Å². The summed E-state index contributed by atoms with van der Waals surface area (Å²) in [6, 6.07) is 2.27. The summed E-state index contributed by atoms with van der Waals surface area (Å²) in [5.74, 6) is 1.19. The molecule has 1 fully saturated rings. The molecule has 2 aromatic heterocycles. The first-order valence-electron chi connectivity index (χ1n) is 8.55. The summed E-state index contributed by atoms with van der Waals surface area (Å²) in [5.41, 5.74) is 0. The van der Waals surface area contributed by atoms with Gasteiger partial charge in [0.05, 0.1) is 0 Å². The molecular weight excluding hydrogens is 290 g/mol. The van der Waals surface area contributed by atoms with Gasteiger partial charge in [-0.05, 0) is 31.7 Å². The van der Waals surface area contributed by atoms with Crippen molar-refractivity contribution in [3.05, 3.63) is 36.7 Å². The van der Waals surface area contributed by atoms with E-state index in [9.17, 15) is 4.79 Å². The fourth-order valence-corrected chi connectivity index (χ4v) is 3.38. The zero-order valence-electron chi connectivity index (χ0n) is 13.8. The maximum absolute atomic E-state index is 12.8. The maximum Gasteiger partial charge on any atom is 0.242 e. The van der Waals surface area contributed by atoms with Crippen LogP contribution in [0.2, 0.25) is 0 Å². The smallest absolute Gasteiger partial charge is 0.242 e. The number of likely N-dealkylation sites (tertiary alicyclic amines) is 1. The lowest BCUT2D eigenvalue weighted by molar-refractivity contribution is -0.135. The monoisotopic (exact) mass is 315 g/mol. The normalized spacial score (nSPS) is 18.3. The van der Waals surface area contributed by atoms with Gasteiger partial charge < -0.3 is 9.47 Å². The molecule has 0 aliphatic carbocycles. The molecule has 1 aliphatic rings. The predicted octanol–water partition coefficient (Wildman–Crippen LogP) is 2.11. The second-order valence-electron chi connectivity index (χ2n) is 6.12. The van der Waals surface area contributed by atoms with E-state index in [2.05, 4.69) is 21.9 Å². The molecule has 6 heteroatoms. The fraction of sp³-hybridized carbons (Fsp3) is 0.588. The standard InChI is InChI=1S/C17H25N5O/c1-2-16-18-9-13-20(16)14-17(23)22-11-4-3-6-15(22)7-12-21-10-5-8-19-21/h5,8-10,13,15H,2-4,6-7,11-12,14H2,1H3/t15-/m0/s1. The van der Waals surface area contributed by atoms with Crippen molar-refractivity contribution < 1.29 is 4.79 Å². The Hall–Kier alpha value is -2.11. The van der Waals surface area contributed by atoms with Gasteiger partial charge in [-0.25, -0.2) is 4.98 Å². The average molecular weight is 315 g/mol. The third-order valence-electron chi connectivity index (χ3n) is 4.62. The van der Waals surface area contributed by atoms with Crippen molar-refractivity contribution in [3.63, 3.8) is 0 Å². The number of carbonyl (C=O) groups is 1. The van der Waals surface area contributed by atoms with Gasteiger partial charge in [0.15, 0.2) is 0 Å². The van der Waals surface area contributed by atoms with Crippen LogP contribution >= 0.6 is 0 Å². The van der Waals surface area contributed by atoms with Crippen molar-refractivity contribution in [2.45, 2.75) is 58.2 Å². The number of nitrogens with zero attached hydrogens (tertiary/aromatic N) is 5. The summed E-state index contributed by atoms with van der Waals surface area (Å²) in [4.78, 5) is 19.1. The maximum atomic E-state index is 12.8. The topological polar surface area (TPSA) is 56.0 Å². The van der Waals surface area contributed by atoms with Gasteiger partial charge in [0.1, 0.15) is 12.4 Å². The molecule has 1 aliphatic heterocycles. The first kappa shape index (κ1) is 15.8.